The fourth-order valence-electron chi connectivity index (χ4n) is 4.10. The molecule has 0 radical (unpaired) electrons. The van der Waals surface area contributed by atoms with Crippen LogP contribution in [0.25, 0.3) is 17.0 Å². The molecule has 33 heavy (non-hydrogen) atoms. The van der Waals surface area contributed by atoms with Crippen molar-refractivity contribution in [2.24, 2.45) is 0 Å². The van der Waals surface area contributed by atoms with E-state index in [4.69, 9.17) is 11.6 Å². The van der Waals surface area contributed by atoms with E-state index >= 15 is 0 Å². The molecule has 4 nitrogen and oxygen atoms in total. The molecule has 1 aliphatic heterocycles. The minimum Gasteiger partial charge on any atom is -0.342 e. The van der Waals surface area contributed by atoms with Crippen molar-refractivity contribution in [3.8, 4) is 0 Å². The van der Waals surface area contributed by atoms with E-state index in [1.165, 1.54) is 4.90 Å². The second-order valence-corrected chi connectivity index (χ2v) is 9.48. The SMILES string of the molecule is Cc1cccc(CN2C(=O)S/C(=C/c3cn(Cc4ccccc4Cl)c4ccccc34)C2=O)c1. The largest absolute Gasteiger partial charge is 0.342 e. The first-order chi connectivity index (χ1) is 16.0. The average molecular weight is 473 g/mol. The molecule has 0 unspecified atom stereocenters. The van der Waals surface area contributed by atoms with Crippen LogP contribution in [0.4, 0.5) is 4.79 Å². The Balaban J connectivity index is 1.47. The first-order valence-electron chi connectivity index (χ1n) is 10.6. The number of nitrogens with zero attached hydrogens (tertiary/aromatic N) is 2. The molecule has 1 fully saturated rings. The zero-order valence-electron chi connectivity index (χ0n) is 18.0. The minimum absolute atomic E-state index is 0.243. The third kappa shape index (κ3) is 4.34. The van der Waals surface area contributed by atoms with Crippen molar-refractivity contribution in [2.75, 3.05) is 0 Å². The molecule has 5 rings (SSSR count). The molecule has 0 bridgehead atoms. The maximum Gasteiger partial charge on any atom is 0.293 e. The normalized spacial score (nSPS) is 15.2. The molecule has 4 aromatic rings. The summed E-state index contributed by atoms with van der Waals surface area (Å²) in [6.07, 6.45) is 3.84. The maximum atomic E-state index is 13.1. The fraction of sp³-hybridized carbons (Fsp3) is 0.111. The number of benzene rings is 3. The van der Waals surface area contributed by atoms with Crippen molar-refractivity contribution in [3.05, 3.63) is 111 Å². The first kappa shape index (κ1) is 21.6. The smallest absolute Gasteiger partial charge is 0.293 e. The van der Waals surface area contributed by atoms with Gasteiger partial charge in [0.15, 0.2) is 0 Å². The number of aryl methyl sites for hydroxylation is 1. The van der Waals surface area contributed by atoms with Gasteiger partial charge in [0.25, 0.3) is 11.1 Å². The third-order valence-electron chi connectivity index (χ3n) is 5.70. The van der Waals surface area contributed by atoms with Crippen LogP contribution in [0, 0.1) is 6.92 Å². The van der Waals surface area contributed by atoms with E-state index in [1.807, 2.05) is 92.0 Å². The second kappa shape index (κ2) is 8.93. The van der Waals surface area contributed by atoms with Gasteiger partial charge < -0.3 is 4.57 Å². The van der Waals surface area contributed by atoms with Gasteiger partial charge in [0.05, 0.1) is 11.4 Å². The number of amides is 2. The predicted octanol–water partition coefficient (Wildman–Crippen LogP) is 6.89. The van der Waals surface area contributed by atoms with Crippen molar-refractivity contribution in [3.63, 3.8) is 0 Å². The molecule has 2 heterocycles. The number of rotatable bonds is 5. The summed E-state index contributed by atoms with van der Waals surface area (Å²) in [6, 6.07) is 23.7. The van der Waals surface area contributed by atoms with Crippen molar-refractivity contribution in [1.29, 1.82) is 0 Å². The Morgan fingerprint density at radius 2 is 1.73 bits per heavy atom. The number of hydrogen-bond acceptors (Lipinski definition) is 3. The summed E-state index contributed by atoms with van der Waals surface area (Å²) < 4.78 is 2.12. The summed E-state index contributed by atoms with van der Waals surface area (Å²) in [5, 5.41) is 1.50. The average Bonchev–Trinajstić information content (AvgIpc) is 3.28. The molecule has 0 N–H and O–H groups in total. The summed E-state index contributed by atoms with van der Waals surface area (Å²) in [5.41, 5.74) is 5.00. The number of carbonyl (C=O) groups excluding carboxylic acids is 2. The number of fused-ring (bicyclic) bond motifs is 1. The lowest BCUT2D eigenvalue weighted by atomic mass is 10.1. The zero-order valence-corrected chi connectivity index (χ0v) is 19.6. The van der Waals surface area contributed by atoms with Gasteiger partial charge in [-0.2, -0.15) is 0 Å². The summed E-state index contributed by atoms with van der Waals surface area (Å²) in [5.74, 6) is -0.255. The Morgan fingerprint density at radius 1 is 0.939 bits per heavy atom. The van der Waals surface area contributed by atoms with Crippen molar-refractivity contribution < 1.29 is 9.59 Å². The van der Waals surface area contributed by atoms with E-state index in [-0.39, 0.29) is 17.7 Å². The summed E-state index contributed by atoms with van der Waals surface area (Å²) in [6.45, 7) is 2.89. The van der Waals surface area contributed by atoms with E-state index in [0.29, 0.717) is 16.5 Å². The van der Waals surface area contributed by atoms with Crippen molar-refractivity contribution in [2.45, 2.75) is 20.0 Å². The Kier molecular flexibility index (Phi) is 5.83. The molecule has 3 aromatic carbocycles. The van der Waals surface area contributed by atoms with Crippen LogP contribution in [-0.2, 0) is 17.9 Å². The van der Waals surface area contributed by atoms with Gasteiger partial charge in [0.2, 0.25) is 0 Å². The van der Waals surface area contributed by atoms with Crippen molar-refractivity contribution in [1.82, 2.24) is 9.47 Å². The van der Waals surface area contributed by atoms with Crippen LogP contribution < -0.4 is 0 Å². The highest BCUT2D eigenvalue weighted by Gasteiger charge is 2.35. The van der Waals surface area contributed by atoms with Gasteiger partial charge in [-0.1, -0.05) is 77.8 Å². The Bertz CT molecular complexity index is 1420. The molecule has 0 aliphatic carbocycles. The van der Waals surface area contributed by atoms with Crippen LogP contribution in [-0.4, -0.2) is 20.6 Å². The van der Waals surface area contributed by atoms with Gasteiger partial charge in [-0.05, 0) is 48.0 Å². The van der Waals surface area contributed by atoms with E-state index in [0.717, 1.165) is 44.9 Å². The quantitative estimate of drug-likeness (QED) is 0.297. The molecule has 6 heteroatoms. The fourth-order valence-corrected chi connectivity index (χ4v) is 5.13. The Hall–Kier alpha value is -3.28. The summed E-state index contributed by atoms with van der Waals surface area (Å²) >= 11 is 7.37. The van der Waals surface area contributed by atoms with Crippen LogP contribution in [0.15, 0.2) is 83.9 Å². The number of halogens is 1. The molecular weight excluding hydrogens is 452 g/mol. The van der Waals surface area contributed by atoms with E-state index in [9.17, 15) is 9.59 Å². The Labute approximate surface area is 201 Å². The number of thioether (sulfide) groups is 1. The van der Waals surface area contributed by atoms with Gasteiger partial charge in [-0.15, -0.1) is 0 Å². The van der Waals surface area contributed by atoms with Crippen LogP contribution in [0.1, 0.15) is 22.3 Å². The van der Waals surface area contributed by atoms with Crippen LogP contribution in [0.3, 0.4) is 0 Å². The first-order valence-corrected chi connectivity index (χ1v) is 11.8. The van der Waals surface area contributed by atoms with Crippen LogP contribution >= 0.6 is 23.4 Å². The summed E-state index contributed by atoms with van der Waals surface area (Å²) in [4.78, 5) is 27.5. The van der Waals surface area contributed by atoms with E-state index < -0.39 is 0 Å². The number of imide groups is 1. The lowest BCUT2D eigenvalue weighted by molar-refractivity contribution is -0.123. The van der Waals surface area contributed by atoms with Crippen molar-refractivity contribution >= 4 is 51.5 Å². The predicted molar refractivity (Wildman–Crippen MR) is 135 cm³/mol. The van der Waals surface area contributed by atoms with Gasteiger partial charge >= 0.3 is 0 Å². The number of carbonyl (C=O) groups is 2. The molecular formula is C27H21ClN2O2S. The van der Waals surface area contributed by atoms with E-state index in [1.54, 1.807) is 0 Å². The second-order valence-electron chi connectivity index (χ2n) is 8.08. The lowest BCUT2D eigenvalue weighted by Crippen LogP contribution is -2.27. The number of hydrogen-bond donors (Lipinski definition) is 0. The molecule has 1 saturated heterocycles. The number of para-hydroxylation sites is 1. The monoisotopic (exact) mass is 472 g/mol. The molecule has 0 saturated carbocycles. The third-order valence-corrected chi connectivity index (χ3v) is 6.98. The maximum absolute atomic E-state index is 13.1. The highest BCUT2D eigenvalue weighted by molar-refractivity contribution is 8.18. The van der Waals surface area contributed by atoms with E-state index in [2.05, 4.69) is 4.57 Å². The van der Waals surface area contributed by atoms with Crippen LogP contribution in [0.2, 0.25) is 5.02 Å². The highest BCUT2D eigenvalue weighted by Crippen LogP contribution is 2.35. The van der Waals surface area contributed by atoms with Gasteiger partial charge in [0, 0.05) is 34.2 Å². The molecule has 164 valence electrons. The molecule has 0 spiro atoms. The molecule has 2 amide bonds. The zero-order chi connectivity index (χ0) is 22.9. The summed E-state index contributed by atoms with van der Waals surface area (Å²) in [7, 11) is 0. The standard InChI is InChI=1S/C27H21ClN2O2S/c1-18-7-6-8-19(13-18)15-30-26(31)25(33-27(30)32)14-21-17-29(24-12-5-3-10-22(21)24)16-20-9-2-4-11-23(20)28/h2-14,17H,15-16H2,1H3/b25-14+. The number of aromatic nitrogens is 1. The molecule has 1 aliphatic rings. The topological polar surface area (TPSA) is 42.3 Å². The van der Waals surface area contributed by atoms with Gasteiger partial charge in [-0.3, -0.25) is 14.5 Å². The van der Waals surface area contributed by atoms with Gasteiger partial charge in [0.1, 0.15) is 0 Å². The molecule has 1 aromatic heterocycles. The lowest BCUT2D eigenvalue weighted by Gasteiger charge is -2.12. The van der Waals surface area contributed by atoms with Crippen LogP contribution in [0.5, 0.6) is 0 Å². The molecule has 0 atom stereocenters. The highest BCUT2D eigenvalue weighted by atomic mass is 35.5. The Morgan fingerprint density at radius 3 is 2.55 bits per heavy atom. The van der Waals surface area contributed by atoms with Gasteiger partial charge in [-0.25, -0.2) is 0 Å². The minimum atomic E-state index is -0.255.